The highest BCUT2D eigenvalue weighted by Gasteiger charge is 2.44. The molecule has 1 fully saturated rings. The lowest BCUT2D eigenvalue weighted by Gasteiger charge is -2.16. The number of nitrogens with zero attached hydrogens (tertiary/aromatic N) is 4. The third kappa shape index (κ3) is 2.01. The average molecular weight is 293 g/mol. The van der Waals surface area contributed by atoms with Gasteiger partial charge < -0.3 is 20.7 Å². The number of terminal acetylenes is 1. The van der Waals surface area contributed by atoms with Crippen molar-refractivity contribution in [1.82, 2.24) is 19.5 Å². The number of anilines is 1. The summed E-state index contributed by atoms with van der Waals surface area (Å²) >= 11 is 0. The quantitative estimate of drug-likeness (QED) is 0.606. The first-order valence-corrected chi connectivity index (χ1v) is 6.11. The van der Waals surface area contributed by atoms with Crippen molar-refractivity contribution in [3.05, 3.63) is 12.2 Å². The summed E-state index contributed by atoms with van der Waals surface area (Å²) in [5.41, 5.74) is 6.25. The van der Waals surface area contributed by atoms with Crippen molar-refractivity contribution in [1.29, 1.82) is 0 Å². The van der Waals surface area contributed by atoms with Crippen molar-refractivity contribution in [3.63, 3.8) is 0 Å². The van der Waals surface area contributed by atoms with Crippen molar-refractivity contribution in [2.45, 2.75) is 24.5 Å². The molecule has 0 aromatic carbocycles. The van der Waals surface area contributed by atoms with Gasteiger partial charge in [0.25, 0.3) is 0 Å². The van der Waals surface area contributed by atoms with Crippen LogP contribution >= 0.6 is 0 Å². The van der Waals surface area contributed by atoms with Crippen LogP contribution in [-0.4, -0.2) is 54.7 Å². The smallest absolute Gasteiger partial charge is 0.208 e. The molecule has 0 saturated carbocycles. The number of hydrogen-bond donors (Lipinski definition) is 3. The van der Waals surface area contributed by atoms with Gasteiger partial charge in [0.1, 0.15) is 30.5 Å². The van der Waals surface area contributed by atoms with Crippen LogP contribution in [0.4, 0.5) is 10.2 Å². The molecule has 0 unspecified atom stereocenters. The summed E-state index contributed by atoms with van der Waals surface area (Å²) in [5, 5.41) is 19.7. The Morgan fingerprint density at radius 1 is 1.43 bits per heavy atom. The summed E-state index contributed by atoms with van der Waals surface area (Å²) in [6.07, 6.45) is 1.74. The van der Waals surface area contributed by atoms with Gasteiger partial charge in [-0.3, -0.25) is 4.57 Å². The lowest BCUT2D eigenvalue weighted by molar-refractivity contribution is -0.0409. The van der Waals surface area contributed by atoms with E-state index < -0.39 is 31.2 Å². The summed E-state index contributed by atoms with van der Waals surface area (Å²) in [6.45, 7) is -0.923. The molecule has 3 heterocycles. The maximum absolute atomic E-state index is 12.7. The van der Waals surface area contributed by atoms with Crippen molar-refractivity contribution in [2.75, 3.05) is 12.4 Å². The Hall–Kier alpha value is -2.28. The highest BCUT2D eigenvalue weighted by atomic mass is 19.1. The summed E-state index contributed by atoms with van der Waals surface area (Å²) in [4.78, 5) is 12.0. The molecule has 1 saturated heterocycles. The zero-order valence-corrected chi connectivity index (χ0v) is 10.7. The Balaban J connectivity index is 2.10. The Morgan fingerprint density at radius 3 is 2.81 bits per heavy atom. The van der Waals surface area contributed by atoms with Crippen LogP contribution in [0, 0.1) is 12.3 Å². The predicted molar refractivity (Wildman–Crippen MR) is 69.6 cm³/mol. The number of fused-ring (bicyclic) bond motifs is 1. The topological polar surface area (TPSA) is 119 Å². The van der Waals surface area contributed by atoms with Gasteiger partial charge in [0.15, 0.2) is 17.7 Å². The van der Waals surface area contributed by atoms with E-state index in [0.29, 0.717) is 0 Å². The minimum Gasteiger partial charge on any atom is -0.387 e. The van der Waals surface area contributed by atoms with E-state index in [-0.39, 0.29) is 22.8 Å². The lowest BCUT2D eigenvalue weighted by Crippen LogP contribution is -2.32. The van der Waals surface area contributed by atoms with Gasteiger partial charge in [-0.2, -0.15) is 0 Å². The van der Waals surface area contributed by atoms with Crippen molar-refractivity contribution >= 4 is 17.0 Å². The summed E-state index contributed by atoms with van der Waals surface area (Å²) in [5.74, 6) is 2.39. The second-order valence-corrected chi connectivity index (χ2v) is 4.60. The normalized spacial score (nSPS) is 28.9. The number of aromatic nitrogens is 4. The number of rotatable bonds is 2. The van der Waals surface area contributed by atoms with Gasteiger partial charge >= 0.3 is 0 Å². The molecule has 8 nitrogen and oxygen atoms in total. The van der Waals surface area contributed by atoms with Gasteiger partial charge in [-0.05, 0) is 5.92 Å². The molecule has 2 aromatic heterocycles. The predicted octanol–water partition coefficient (Wildman–Crippen LogP) is -1.02. The van der Waals surface area contributed by atoms with Crippen molar-refractivity contribution in [3.8, 4) is 12.3 Å². The van der Waals surface area contributed by atoms with Crippen LogP contribution in [0.5, 0.6) is 0 Å². The Bertz CT molecular complexity index is 727. The first-order valence-electron chi connectivity index (χ1n) is 6.11. The molecule has 0 aliphatic carbocycles. The minimum atomic E-state index is -1.34. The SMILES string of the molecule is C#Cc1nc(N)c2ncn([C@@H]3O[C@H](CF)[C@@H](O)[C@H]3O)c2n1. The molecule has 1 aliphatic rings. The van der Waals surface area contributed by atoms with E-state index in [4.69, 9.17) is 16.9 Å². The molecule has 0 bridgehead atoms. The van der Waals surface area contributed by atoms with Gasteiger partial charge in [-0.1, -0.05) is 0 Å². The number of alkyl halides is 1. The monoisotopic (exact) mass is 293 g/mol. The Kier molecular flexibility index (Phi) is 3.21. The molecular formula is C12H12FN5O3. The second kappa shape index (κ2) is 4.92. The van der Waals surface area contributed by atoms with Crippen LogP contribution in [-0.2, 0) is 4.74 Å². The number of ether oxygens (including phenoxy) is 1. The van der Waals surface area contributed by atoms with Crippen LogP contribution in [0.2, 0.25) is 0 Å². The van der Waals surface area contributed by atoms with Crippen molar-refractivity contribution in [2.24, 2.45) is 0 Å². The number of nitrogens with two attached hydrogens (primary N) is 1. The lowest BCUT2D eigenvalue weighted by atomic mass is 10.1. The fourth-order valence-electron chi connectivity index (χ4n) is 2.28. The van der Waals surface area contributed by atoms with E-state index in [2.05, 4.69) is 20.9 Å². The highest BCUT2D eigenvalue weighted by Crippen LogP contribution is 2.32. The van der Waals surface area contributed by atoms with Crippen molar-refractivity contribution < 1.29 is 19.3 Å². The van der Waals surface area contributed by atoms with Crippen LogP contribution in [0.25, 0.3) is 11.2 Å². The number of aliphatic hydroxyl groups is 2. The minimum absolute atomic E-state index is 0.0526. The number of aliphatic hydroxyl groups excluding tert-OH is 2. The molecule has 0 spiro atoms. The molecule has 4 N–H and O–H groups in total. The van der Waals surface area contributed by atoms with E-state index in [9.17, 15) is 14.6 Å². The second-order valence-electron chi connectivity index (χ2n) is 4.60. The number of halogens is 1. The first kappa shape index (κ1) is 13.7. The van der Waals surface area contributed by atoms with E-state index >= 15 is 0 Å². The summed E-state index contributed by atoms with van der Waals surface area (Å²) in [6, 6.07) is 0. The molecule has 4 atom stereocenters. The molecule has 1 aliphatic heterocycles. The van der Waals surface area contributed by atoms with Crippen LogP contribution < -0.4 is 5.73 Å². The third-order valence-electron chi connectivity index (χ3n) is 3.34. The molecule has 110 valence electrons. The molecule has 21 heavy (non-hydrogen) atoms. The van der Waals surface area contributed by atoms with Crippen LogP contribution in [0.3, 0.4) is 0 Å². The zero-order chi connectivity index (χ0) is 15.1. The molecule has 0 amide bonds. The number of hydrogen-bond acceptors (Lipinski definition) is 7. The Morgan fingerprint density at radius 2 is 2.19 bits per heavy atom. The average Bonchev–Trinajstić information content (AvgIpc) is 3.02. The van der Waals surface area contributed by atoms with E-state index in [1.165, 1.54) is 10.9 Å². The first-order chi connectivity index (χ1) is 10.1. The van der Waals surface area contributed by atoms with Gasteiger partial charge in [-0.15, -0.1) is 6.42 Å². The standard InChI is InChI=1S/C12H12FN5O3/c1-2-6-16-10(14)7-11(17-6)18(4-15-7)12-9(20)8(19)5(3-13)21-12/h1,4-5,8-9,12,19-20H,3H2,(H2,14,16,17)/t5-,8-,9-,12-/m1/s1. The van der Waals surface area contributed by atoms with Gasteiger partial charge in [-0.25, -0.2) is 19.3 Å². The number of nitrogen functional groups attached to an aromatic ring is 1. The van der Waals surface area contributed by atoms with Crippen LogP contribution in [0.1, 0.15) is 12.1 Å². The van der Waals surface area contributed by atoms with E-state index in [1.807, 2.05) is 0 Å². The van der Waals surface area contributed by atoms with Gasteiger partial charge in [0.05, 0.1) is 6.33 Å². The fraction of sp³-hybridized carbons (Fsp3) is 0.417. The molecular weight excluding hydrogens is 281 g/mol. The number of imidazole rings is 1. The molecule has 2 aromatic rings. The van der Waals surface area contributed by atoms with Crippen LogP contribution in [0.15, 0.2) is 6.33 Å². The van der Waals surface area contributed by atoms with E-state index in [0.717, 1.165) is 0 Å². The summed E-state index contributed by atoms with van der Waals surface area (Å²) in [7, 11) is 0. The van der Waals surface area contributed by atoms with Gasteiger partial charge in [0.2, 0.25) is 5.82 Å². The summed E-state index contributed by atoms with van der Waals surface area (Å²) < 4.78 is 19.4. The largest absolute Gasteiger partial charge is 0.387 e. The van der Waals surface area contributed by atoms with Gasteiger partial charge in [0, 0.05) is 0 Å². The third-order valence-corrected chi connectivity index (χ3v) is 3.34. The molecule has 3 rings (SSSR count). The maximum atomic E-state index is 12.7. The molecule has 9 heteroatoms. The highest BCUT2D eigenvalue weighted by molar-refractivity contribution is 5.82. The Labute approximate surface area is 118 Å². The molecule has 0 radical (unpaired) electrons. The fourth-order valence-corrected chi connectivity index (χ4v) is 2.28. The van der Waals surface area contributed by atoms with E-state index in [1.54, 1.807) is 0 Å². The zero-order valence-electron chi connectivity index (χ0n) is 10.7. The maximum Gasteiger partial charge on any atom is 0.208 e.